The van der Waals surface area contributed by atoms with Crippen LogP contribution < -0.4 is 39.0 Å². The molecule has 0 fully saturated rings. The van der Waals surface area contributed by atoms with Crippen molar-refractivity contribution < 1.29 is 51.5 Å². The Balaban J connectivity index is 0.00000108. The number of rotatable bonds is 10. The Labute approximate surface area is 243 Å². The Morgan fingerprint density at radius 1 is 0.951 bits per heavy atom. The summed E-state index contributed by atoms with van der Waals surface area (Å²) in [6, 6.07) is 14.4. The minimum Gasteiger partial charge on any atom is -0.350 e. The molecule has 0 saturated heterocycles. The van der Waals surface area contributed by atoms with E-state index in [4.69, 9.17) is 23.8 Å². The predicted octanol–water partition coefficient (Wildman–Crippen LogP) is -2.22. The summed E-state index contributed by atoms with van der Waals surface area (Å²) in [4.78, 5) is 25.0. The normalized spacial score (nSPS) is 11.7. The van der Waals surface area contributed by atoms with Crippen molar-refractivity contribution in [3.05, 3.63) is 53.9 Å². The molecule has 4 N–H and O–H groups in total. The number of anilines is 1. The molecular formula is C24H31ClN6O8S2. The number of aromatic nitrogens is 3. The Hall–Kier alpha value is -3.09. The molecule has 17 heteroatoms. The van der Waals surface area contributed by atoms with Crippen molar-refractivity contribution in [1.29, 1.82) is 0 Å². The number of primary sulfonamides is 1. The molecule has 0 spiro atoms. The molecule has 0 aliphatic carbocycles. The van der Waals surface area contributed by atoms with E-state index in [1.54, 1.807) is 0 Å². The third kappa shape index (κ3) is 11.7. The molecule has 0 atom stereocenters. The average Bonchev–Trinajstić information content (AvgIpc) is 3.32. The Bertz CT molecular complexity index is 1410. The van der Waals surface area contributed by atoms with Gasteiger partial charge in [-0.25, -0.2) is 32.2 Å². The number of amides is 2. The van der Waals surface area contributed by atoms with E-state index >= 15 is 0 Å². The minimum absolute atomic E-state index is 0.0122. The zero-order valence-corrected chi connectivity index (χ0v) is 25.1. The second kappa shape index (κ2) is 14.7. The number of nitrogens with one attached hydrogen (secondary N) is 2. The molecule has 0 aliphatic rings. The summed E-state index contributed by atoms with van der Waals surface area (Å²) >= 11 is 0.660. The molecule has 224 valence electrons. The molecule has 1 aromatic carbocycles. The maximum atomic E-state index is 12.8. The first-order chi connectivity index (χ1) is 19.0. The predicted molar refractivity (Wildman–Crippen MR) is 138 cm³/mol. The molecule has 2 amide bonds. The summed E-state index contributed by atoms with van der Waals surface area (Å²) in [7, 11) is -8.92. The molecular weight excluding hydrogens is 600 g/mol. The van der Waals surface area contributed by atoms with Crippen LogP contribution in [0.15, 0.2) is 46.8 Å². The van der Waals surface area contributed by atoms with Crippen LogP contribution in [0.3, 0.4) is 0 Å². The van der Waals surface area contributed by atoms with Gasteiger partial charge >= 0.3 is 0 Å². The molecule has 2 aromatic heterocycles. The summed E-state index contributed by atoms with van der Waals surface area (Å²) in [5.74, 6) is -0.257. The average molecular weight is 631 g/mol. The number of halogens is 1. The van der Waals surface area contributed by atoms with Crippen molar-refractivity contribution in [2.45, 2.75) is 56.8 Å². The maximum absolute atomic E-state index is 12.8. The van der Waals surface area contributed by atoms with Gasteiger partial charge in [-0.05, 0) is 11.1 Å². The van der Waals surface area contributed by atoms with Gasteiger partial charge in [-0.15, -0.1) is 20.4 Å². The van der Waals surface area contributed by atoms with E-state index in [0.29, 0.717) is 11.3 Å². The molecule has 3 rings (SSSR count). The van der Waals surface area contributed by atoms with Crippen molar-refractivity contribution in [1.82, 2.24) is 15.5 Å². The fourth-order valence-electron chi connectivity index (χ4n) is 3.67. The maximum Gasteiger partial charge on any atom is 0.286 e. The first-order valence-corrected chi connectivity index (χ1v) is 15.7. The van der Waals surface area contributed by atoms with E-state index in [-0.39, 0.29) is 46.7 Å². The molecule has 0 aliphatic heterocycles. The van der Waals surface area contributed by atoms with Crippen molar-refractivity contribution in [2.24, 2.45) is 5.14 Å². The largest absolute Gasteiger partial charge is 0.350 e. The number of benzene rings is 1. The van der Waals surface area contributed by atoms with Gasteiger partial charge < -0.3 is 10.6 Å². The Kier molecular flexibility index (Phi) is 12.2. The second-order valence-electron chi connectivity index (χ2n) is 9.30. The highest BCUT2D eigenvalue weighted by Gasteiger charge is 2.26. The van der Waals surface area contributed by atoms with Crippen molar-refractivity contribution in [2.75, 3.05) is 11.9 Å². The third-order valence-corrected chi connectivity index (χ3v) is 7.54. The minimum atomic E-state index is -4.94. The fourth-order valence-corrected chi connectivity index (χ4v) is 5.02. The van der Waals surface area contributed by atoms with E-state index in [1.165, 1.54) is 0 Å². The van der Waals surface area contributed by atoms with E-state index in [1.807, 2.05) is 22.8 Å². The van der Waals surface area contributed by atoms with E-state index < -0.39 is 26.2 Å². The lowest BCUT2D eigenvalue weighted by atomic mass is 9.97. The summed E-state index contributed by atoms with van der Waals surface area (Å²) in [6.45, 7) is 8.64. The third-order valence-electron chi connectivity index (χ3n) is 5.39. The molecule has 0 unspecified atom stereocenters. The Morgan fingerprint density at radius 2 is 1.49 bits per heavy atom. The van der Waals surface area contributed by atoms with Crippen LogP contribution in [0.2, 0.25) is 0 Å². The number of pyridine rings is 1. The van der Waals surface area contributed by atoms with E-state index in [2.05, 4.69) is 72.8 Å². The second-order valence-corrected chi connectivity index (χ2v) is 12.8. The van der Waals surface area contributed by atoms with Gasteiger partial charge in [-0.2, -0.15) is 4.57 Å². The number of hydrogen-bond acceptors (Lipinski definition) is 11. The standard InChI is InChI=1S/C24H30N6O4S2.ClHO4/c1-15(2)19-12-18(17-8-6-5-7-9-17)13-20(16(3)4)30(19)14-22(32)26-11-10-21(31)27-23-28-29-24(35-23)36(25,33)34;2-1(3,4)5/h5-9,12-13,15-16H,10-11,14H2,1-4H3,(H3-,25,26,27,28,31,32,33,34);(H,2,3,4,5). The van der Waals surface area contributed by atoms with Crippen LogP contribution in [0, 0.1) is 10.2 Å². The molecule has 0 saturated carbocycles. The van der Waals surface area contributed by atoms with Gasteiger partial charge in [0.1, 0.15) is 0 Å². The van der Waals surface area contributed by atoms with Gasteiger partial charge in [0.15, 0.2) is 11.4 Å². The summed E-state index contributed by atoms with van der Waals surface area (Å²) < 4.78 is 58.2. The number of sulfonamides is 1. The van der Waals surface area contributed by atoms with Gasteiger partial charge in [0, 0.05) is 36.9 Å². The monoisotopic (exact) mass is 630 g/mol. The number of hydrogen-bond donors (Lipinski definition) is 3. The van der Waals surface area contributed by atoms with Gasteiger partial charge in [-0.1, -0.05) is 69.4 Å². The lowest BCUT2D eigenvalue weighted by Crippen LogP contribution is -2.68. The number of carbonyl (C=O) groups excluding carboxylic acids is 2. The lowest BCUT2D eigenvalue weighted by molar-refractivity contribution is -2.00. The topological polar surface area (TPSA) is 240 Å². The number of nitrogens with zero attached hydrogens (tertiary/aromatic N) is 3. The van der Waals surface area contributed by atoms with E-state index in [0.717, 1.165) is 22.5 Å². The molecule has 0 radical (unpaired) electrons. The quantitative estimate of drug-likeness (QED) is 0.161. The summed E-state index contributed by atoms with van der Waals surface area (Å²) in [5.41, 5.74) is 4.33. The molecule has 41 heavy (non-hydrogen) atoms. The zero-order valence-electron chi connectivity index (χ0n) is 22.7. The highest BCUT2D eigenvalue weighted by Crippen LogP contribution is 2.26. The molecule has 2 heterocycles. The summed E-state index contributed by atoms with van der Waals surface area (Å²) in [5, 5.41) is 17.3. The molecule has 0 bridgehead atoms. The summed E-state index contributed by atoms with van der Waals surface area (Å²) in [6.07, 6.45) is -0.0122. The van der Waals surface area contributed by atoms with Gasteiger partial charge in [0.2, 0.25) is 21.9 Å². The smallest absolute Gasteiger partial charge is 0.286 e. The van der Waals surface area contributed by atoms with Gasteiger partial charge in [-0.3, -0.25) is 9.59 Å². The van der Waals surface area contributed by atoms with Crippen LogP contribution >= 0.6 is 11.3 Å². The molecule has 14 nitrogen and oxygen atoms in total. The zero-order chi connectivity index (χ0) is 31.0. The lowest BCUT2D eigenvalue weighted by Gasteiger charge is -2.17. The highest BCUT2D eigenvalue weighted by atomic mass is 35.7. The van der Waals surface area contributed by atoms with Crippen molar-refractivity contribution in [3.8, 4) is 11.1 Å². The SMILES string of the molecule is CC(C)c1cc(-c2ccccc2)cc(C(C)C)[n+]1CC(=O)NCCC(=O)Nc1nnc(S(N)(=O)=O)s1.[O-][Cl+3]([O-])([O-])[O-]. The first kappa shape index (κ1) is 34.1. The van der Waals surface area contributed by atoms with Crippen LogP contribution in [-0.2, 0) is 26.2 Å². The van der Waals surface area contributed by atoms with Crippen LogP contribution in [0.25, 0.3) is 11.1 Å². The van der Waals surface area contributed by atoms with Crippen LogP contribution in [-0.4, -0.2) is 37.0 Å². The highest BCUT2D eigenvalue weighted by molar-refractivity contribution is 7.91. The van der Waals surface area contributed by atoms with Crippen molar-refractivity contribution >= 4 is 38.3 Å². The van der Waals surface area contributed by atoms with Crippen LogP contribution in [0.1, 0.15) is 57.3 Å². The van der Waals surface area contributed by atoms with Gasteiger partial charge in [0.25, 0.3) is 15.9 Å². The first-order valence-electron chi connectivity index (χ1n) is 12.1. The molecule has 3 aromatic rings. The van der Waals surface area contributed by atoms with Crippen LogP contribution in [0.5, 0.6) is 0 Å². The van der Waals surface area contributed by atoms with Crippen LogP contribution in [0.4, 0.5) is 5.13 Å². The Morgan fingerprint density at radius 3 is 1.95 bits per heavy atom. The number of nitrogens with two attached hydrogens (primary N) is 1. The van der Waals surface area contributed by atoms with E-state index in [9.17, 15) is 18.0 Å². The number of carbonyl (C=O) groups is 2. The fraction of sp³-hybridized carbons (Fsp3) is 0.375. The van der Waals surface area contributed by atoms with Gasteiger partial charge in [0.05, 0.1) is 0 Å². The van der Waals surface area contributed by atoms with Crippen molar-refractivity contribution in [3.63, 3.8) is 0 Å².